The van der Waals surface area contributed by atoms with Crippen molar-refractivity contribution in [2.45, 2.75) is 18.5 Å². The van der Waals surface area contributed by atoms with Gasteiger partial charge in [0.05, 0.1) is 0 Å². The second kappa shape index (κ2) is 4.73. The first-order chi connectivity index (χ1) is 5.43. The van der Waals surface area contributed by atoms with Crippen LogP contribution in [0, 0.1) is 0 Å². The molecule has 0 aromatic rings. The Bertz CT molecular complexity index is 214. The molecule has 0 aliphatic heterocycles. The van der Waals surface area contributed by atoms with Gasteiger partial charge in [-0.2, -0.15) is 8.42 Å². The monoisotopic (exact) mass is 199 g/mol. The van der Waals surface area contributed by atoms with Gasteiger partial charge in [-0.25, -0.2) is 0 Å². The Morgan fingerprint density at radius 1 is 1.58 bits per heavy atom. The molecule has 0 aromatic carbocycles. The van der Waals surface area contributed by atoms with Crippen molar-refractivity contribution in [1.29, 1.82) is 0 Å². The molecule has 0 rings (SSSR count). The van der Waals surface area contributed by atoms with Crippen LogP contribution in [0.1, 0.15) is 6.92 Å². The SMILES string of the molecule is CCOC(C(O)CN)S(=O)(=O)O. The van der Waals surface area contributed by atoms with Crippen LogP contribution in [0.15, 0.2) is 0 Å². The molecular weight excluding hydrogens is 186 g/mol. The summed E-state index contributed by atoms with van der Waals surface area (Å²) in [6.45, 7) is 1.33. The van der Waals surface area contributed by atoms with Gasteiger partial charge in [0, 0.05) is 13.2 Å². The number of hydrogen-bond acceptors (Lipinski definition) is 5. The first kappa shape index (κ1) is 11.8. The maximum Gasteiger partial charge on any atom is 0.295 e. The maximum absolute atomic E-state index is 10.5. The van der Waals surface area contributed by atoms with Crippen molar-refractivity contribution in [3.63, 3.8) is 0 Å². The van der Waals surface area contributed by atoms with Crippen molar-refractivity contribution in [3.8, 4) is 0 Å². The third kappa shape index (κ3) is 3.46. The van der Waals surface area contributed by atoms with Crippen molar-refractivity contribution in [2.24, 2.45) is 5.73 Å². The third-order valence-corrected chi connectivity index (χ3v) is 2.22. The van der Waals surface area contributed by atoms with Crippen molar-refractivity contribution in [2.75, 3.05) is 13.2 Å². The largest absolute Gasteiger partial charge is 0.388 e. The van der Waals surface area contributed by atoms with E-state index in [4.69, 9.17) is 15.4 Å². The smallest absolute Gasteiger partial charge is 0.295 e. The van der Waals surface area contributed by atoms with E-state index in [1.165, 1.54) is 0 Å². The summed E-state index contributed by atoms with van der Waals surface area (Å²) in [5.41, 5.74) is 3.35. The lowest BCUT2D eigenvalue weighted by Gasteiger charge is -2.18. The van der Waals surface area contributed by atoms with Gasteiger partial charge in [-0.15, -0.1) is 0 Å². The minimum absolute atomic E-state index is 0.0709. The molecule has 0 aromatic heterocycles. The molecule has 2 unspecified atom stereocenters. The van der Waals surface area contributed by atoms with E-state index in [0.29, 0.717) is 0 Å². The molecule has 0 heterocycles. The Morgan fingerprint density at radius 3 is 2.33 bits per heavy atom. The molecule has 7 heteroatoms. The van der Waals surface area contributed by atoms with Gasteiger partial charge in [0.1, 0.15) is 6.10 Å². The minimum atomic E-state index is -4.39. The molecule has 6 nitrogen and oxygen atoms in total. The van der Waals surface area contributed by atoms with Gasteiger partial charge in [0.15, 0.2) is 0 Å². The fraction of sp³-hybridized carbons (Fsp3) is 1.00. The summed E-state index contributed by atoms with van der Waals surface area (Å²) < 4.78 is 34.2. The minimum Gasteiger partial charge on any atom is -0.388 e. The Balaban J connectivity index is 4.44. The number of ether oxygens (including phenoxy) is 1. The molecule has 0 saturated heterocycles. The highest BCUT2D eigenvalue weighted by molar-refractivity contribution is 7.86. The van der Waals surface area contributed by atoms with E-state index in [-0.39, 0.29) is 13.2 Å². The summed E-state index contributed by atoms with van der Waals surface area (Å²) in [6.07, 6.45) is -1.40. The molecule has 0 saturated carbocycles. The second-order valence-electron chi connectivity index (χ2n) is 2.14. The highest BCUT2D eigenvalue weighted by Crippen LogP contribution is 2.05. The zero-order valence-corrected chi connectivity index (χ0v) is 7.49. The van der Waals surface area contributed by atoms with Gasteiger partial charge in [-0.05, 0) is 6.92 Å². The molecule has 74 valence electrons. The summed E-state index contributed by atoms with van der Waals surface area (Å²) in [6, 6.07) is 0. The summed E-state index contributed by atoms with van der Waals surface area (Å²) in [5.74, 6) is 0. The zero-order chi connectivity index (χ0) is 9.78. The van der Waals surface area contributed by atoms with E-state index < -0.39 is 21.7 Å². The predicted octanol–water partition coefficient (Wildman–Crippen LogP) is -1.44. The van der Waals surface area contributed by atoms with Gasteiger partial charge >= 0.3 is 0 Å². The zero-order valence-electron chi connectivity index (χ0n) is 6.67. The van der Waals surface area contributed by atoms with E-state index in [0.717, 1.165) is 0 Å². The van der Waals surface area contributed by atoms with Crippen LogP contribution >= 0.6 is 0 Å². The Hall–Kier alpha value is -0.210. The molecule has 4 N–H and O–H groups in total. The lowest BCUT2D eigenvalue weighted by molar-refractivity contribution is 0.0145. The van der Waals surface area contributed by atoms with Gasteiger partial charge in [0.2, 0.25) is 5.44 Å². The summed E-state index contributed by atoms with van der Waals surface area (Å²) in [4.78, 5) is 0. The van der Waals surface area contributed by atoms with Crippen LogP contribution in [0.2, 0.25) is 0 Å². The number of aliphatic hydroxyl groups is 1. The Kier molecular flexibility index (Phi) is 4.64. The summed E-state index contributed by atoms with van der Waals surface area (Å²) in [7, 11) is -4.39. The van der Waals surface area contributed by atoms with Crippen LogP contribution in [-0.4, -0.2) is 42.8 Å². The summed E-state index contributed by atoms with van der Waals surface area (Å²) in [5, 5.41) is 9.00. The fourth-order valence-electron chi connectivity index (χ4n) is 0.671. The molecule has 0 spiro atoms. The van der Waals surface area contributed by atoms with Crippen molar-refractivity contribution >= 4 is 10.1 Å². The van der Waals surface area contributed by atoms with E-state index in [1.807, 2.05) is 0 Å². The lowest BCUT2D eigenvalue weighted by atomic mass is 10.4. The number of aliphatic hydroxyl groups excluding tert-OH is 1. The topological polar surface area (TPSA) is 110 Å². The van der Waals surface area contributed by atoms with Gasteiger partial charge in [0.25, 0.3) is 10.1 Å². The molecule has 0 amide bonds. The summed E-state index contributed by atoms with van der Waals surface area (Å²) >= 11 is 0. The van der Waals surface area contributed by atoms with Crippen molar-refractivity contribution < 1.29 is 22.8 Å². The third-order valence-electron chi connectivity index (χ3n) is 1.18. The molecule has 0 bridgehead atoms. The average Bonchev–Trinajstić information content (AvgIpc) is 1.96. The van der Waals surface area contributed by atoms with Crippen LogP contribution in [-0.2, 0) is 14.9 Å². The number of rotatable bonds is 5. The highest BCUT2D eigenvalue weighted by Gasteiger charge is 2.30. The predicted molar refractivity (Wildman–Crippen MR) is 42.0 cm³/mol. The Labute approximate surface area is 71.1 Å². The highest BCUT2D eigenvalue weighted by atomic mass is 32.2. The standard InChI is InChI=1S/C5H13NO5S/c1-2-11-5(4(7)3-6)12(8,9)10/h4-5,7H,2-3,6H2,1H3,(H,8,9,10). The first-order valence-corrected chi connectivity index (χ1v) is 4.89. The normalized spacial score (nSPS) is 17.3. The Morgan fingerprint density at radius 2 is 2.08 bits per heavy atom. The average molecular weight is 199 g/mol. The van der Waals surface area contributed by atoms with Gasteiger partial charge in [-0.1, -0.05) is 0 Å². The fourth-order valence-corrected chi connectivity index (χ4v) is 1.49. The molecule has 0 aliphatic carbocycles. The van der Waals surface area contributed by atoms with E-state index in [1.54, 1.807) is 6.92 Å². The molecule has 2 atom stereocenters. The van der Waals surface area contributed by atoms with Crippen LogP contribution in [0.4, 0.5) is 0 Å². The van der Waals surface area contributed by atoms with Crippen molar-refractivity contribution in [1.82, 2.24) is 0 Å². The van der Waals surface area contributed by atoms with E-state index in [2.05, 4.69) is 4.74 Å². The number of nitrogens with two attached hydrogens (primary N) is 1. The molecular formula is C5H13NO5S. The van der Waals surface area contributed by atoms with Gasteiger partial charge < -0.3 is 15.6 Å². The van der Waals surface area contributed by atoms with Crippen LogP contribution in [0.25, 0.3) is 0 Å². The van der Waals surface area contributed by atoms with Gasteiger partial charge in [-0.3, -0.25) is 4.55 Å². The van der Waals surface area contributed by atoms with Crippen molar-refractivity contribution in [3.05, 3.63) is 0 Å². The van der Waals surface area contributed by atoms with Crippen LogP contribution in [0.3, 0.4) is 0 Å². The molecule has 0 aliphatic rings. The second-order valence-corrected chi connectivity index (χ2v) is 3.64. The van der Waals surface area contributed by atoms with E-state index in [9.17, 15) is 8.42 Å². The molecule has 12 heavy (non-hydrogen) atoms. The maximum atomic E-state index is 10.5. The van der Waals surface area contributed by atoms with Crippen LogP contribution in [0.5, 0.6) is 0 Å². The van der Waals surface area contributed by atoms with Crippen LogP contribution < -0.4 is 5.73 Å². The first-order valence-electron chi connectivity index (χ1n) is 3.39. The van der Waals surface area contributed by atoms with E-state index >= 15 is 0 Å². The molecule has 0 fully saturated rings. The quantitative estimate of drug-likeness (QED) is 0.467. The molecule has 0 radical (unpaired) electrons. The lowest BCUT2D eigenvalue weighted by Crippen LogP contribution is -2.40. The number of hydrogen-bond donors (Lipinski definition) is 3.